The van der Waals surface area contributed by atoms with Crippen molar-refractivity contribution in [3.05, 3.63) is 98.5 Å². The van der Waals surface area contributed by atoms with Crippen LogP contribution >= 0.6 is 34.8 Å². The molecule has 4 aliphatic rings. The maximum Gasteiger partial charge on any atom is 0.260 e. The smallest absolute Gasteiger partial charge is 0.260 e. The van der Waals surface area contributed by atoms with E-state index in [9.17, 15) is 24.7 Å². The molecule has 10 nitrogen and oxygen atoms in total. The number of allylic oxidation sites excluding steroid dienone is 2. The number of hydrogen-bond donors (Lipinski definition) is 3. The molecule has 1 saturated carbocycles. The summed E-state index contributed by atoms with van der Waals surface area (Å²) in [5.74, 6) is -6.62. The fraction of sp³-hybridized carbons (Fsp3) is 0.273. The maximum atomic E-state index is 15.1. The van der Waals surface area contributed by atoms with Gasteiger partial charge in [0.1, 0.15) is 11.5 Å². The molecule has 2 heterocycles. The number of halogens is 3. The second-order valence-electron chi connectivity index (χ2n) is 11.9. The van der Waals surface area contributed by atoms with Gasteiger partial charge < -0.3 is 9.84 Å². The molecular weight excluding hydrogens is 657 g/mol. The van der Waals surface area contributed by atoms with Gasteiger partial charge in [-0.2, -0.15) is 10.1 Å². The summed E-state index contributed by atoms with van der Waals surface area (Å²) in [6, 6.07) is 15.8. The fourth-order valence-electron chi connectivity index (χ4n) is 7.92. The van der Waals surface area contributed by atoms with Gasteiger partial charge in [0.25, 0.3) is 23.6 Å². The number of phenolic OH excluding ortho intramolecular Hbond substituents is 1. The van der Waals surface area contributed by atoms with Gasteiger partial charge in [-0.1, -0.05) is 64.7 Å². The molecule has 13 heteroatoms. The Balaban J connectivity index is 1.48. The van der Waals surface area contributed by atoms with E-state index in [1.807, 2.05) is 6.08 Å². The lowest BCUT2D eigenvalue weighted by atomic mass is 9.49. The zero-order chi connectivity index (χ0) is 32.7. The largest absolute Gasteiger partial charge is 0.508 e. The molecule has 0 radical (unpaired) electrons. The number of anilines is 1. The van der Waals surface area contributed by atoms with Crippen LogP contribution in [0.1, 0.15) is 29.9 Å². The van der Waals surface area contributed by atoms with Crippen molar-refractivity contribution in [3.8, 4) is 11.5 Å². The molecule has 7 rings (SSSR count). The minimum Gasteiger partial charge on any atom is -0.508 e. The van der Waals surface area contributed by atoms with Crippen LogP contribution in [-0.2, 0) is 24.6 Å². The molecule has 0 aromatic heterocycles. The van der Waals surface area contributed by atoms with Crippen molar-refractivity contribution in [1.29, 1.82) is 0 Å². The topological polar surface area (TPSA) is 136 Å². The average Bonchev–Trinajstić information content (AvgIpc) is 3.39. The quantitative estimate of drug-likeness (QED) is 0.176. The number of fused-ring (bicyclic) bond motifs is 4. The second-order valence-corrected chi connectivity index (χ2v) is 13.2. The van der Waals surface area contributed by atoms with Crippen LogP contribution < -0.4 is 10.2 Å². The van der Waals surface area contributed by atoms with Crippen molar-refractivity contribution in [2.45, 2.75) is 24.2 Å². The Bertz CT molecular complexity index is 1870. The molecule has 2 saturated heterocycles. The molecule has 236 valence electrons. The van der Waals surface area contributed by atoms with E-state index < -0.39 is 58.6 Å². The van der Waals surface area contributed by atoms with Crippen molar-refractivity contribution in [2.75, 3.05) is 12.5 Å². The number of rotatable bonds is 5. The Morgan fingerprint density at radius 1 is 0.891 bits per heavy atom. The number of nitrogens with one attached hydrogen (secondary N) is 1. The van der Waals surface area contributed by atoms with Crippen LogP contribution in [0.4, 0.5) is 5.69 Å². The summed E-state index contributed by atoms with van der Waals surface area (Å²) in [6.45, 7) is 0. The van der Waals surface area contributed by atoms with Gasteiger partial charge in [-0.3, -0.25) is 29.8 Å². The Morgan fingerprint density at radius 3 is 2.30 bits per heavy atom. The van der Waals surface area contributed by atoms with Gasteiger partial charge in [0.05, 0.1) is 41.0 Å². The summed E-state index contributed by atoms with van der Waals surface area (Å²) in [4.78, 5) is 55.9. The number of hydroxylamine groups is 2. The number of nitrogens with zero attached hydrogens (tertiary/aromatic N) is 2. The normalized spacial score (nSPS) is 28.5. The summed E-state index contributed by atoms with van der Waals surface area (Å²) >= 11 is 19.4. The van der Waals surface area contributed by atoms with Crippen molar-refractivity contribution < 1.29 is 34.2 Å². The first-order valence-corrected chi connectivity index (χ1v) is 15.6. The Hall–Kier alpha value is -4.09. The van der Waals surface area contributed by atoms with E-state index in [4.69, 9.17) is 39.5 Å². The number of hydrogen-bond acceptors (Lipinski definition) is 8. The summed E-state index contributed by atoms with van der Waals surface area (Å²) in [6.07, 6.45) is 1.99. The number of amides is 4. The van der Waals surface area contributed by atoms with Gasteiger partial charge in [-0.05, 0) is 72.4 Å². The van der Waals surface area contributed by atoms with Gasteiger partial charge in [0.15, 0.2) is 0 Å². The zero-order valence-electron chi connectivity index (χ0n) is 24.1. The molecule has 3 fully saturated rings. The SMILES string of the molecule is COc1ccc([C@@]23C(=O)N(Nc4ccc(Cl)cc4Cl)C(=O)[C@@H]2C[C@@H]2C(=CC[C@@H]4C(=O)N(O)C(=O)[C@@H]42)[C@@H]3c2ccc(O)cc2Cl)cc1. The van der Waals surface area contributed by atoms with Crippen LogP contribution in [0.25, 0.3) is 0 Å². The molecule has 3 N–H and O–H groups in total. The molecule has 2 aliphatic heterocycles. The van der Waals surface area contributed by atoms with Crippen molar-refractivity contribution in [3.63, 3.8) is 0 Å². The minimum atomic E-state index is -1.60. The third-order valence-corrected chi connectivity index (χ3v) is 10.7. The van der Waals surface area contributed by atoms with E-state index in [2.05, 4.69) is 5.43 Å². The fourth-order valence-corrected chi connectivity index (χ4v) is 8.66. The van der Waals surface area contributed by atoms with Crippen LogP contribution in [0.15, 0.2) is 72.3 Å². The number of imide groups is 2. The first-order valence-electron chi connectivity index (χ1n) is 14.5. The molecule has 6 atom stereocenters. The first-order chi connectivity index (χ1) is 22.0. The lowest BCUT2D eigenvalue weighted by molar-refractivity contribution is -0.173. The van der Waals surface area contributed by atoms with E-state index in [0.29, 0.717) is 27.5 Å². The van der Waals surface area contributed by atoms with Gasteiger partial charge in [0.2, 0.25) is 0 Å². The standard InChI is InChI=1S/C33H26Cl3N3O7/c1-46-18-6-2-15(3-7-18)33-23(30(42)38(32(33)44)37-26-11-4-16(34)12-25(26)36)14-22-19(28(33)20-8-5-17(40)13-24(20)35)9-10-21-27(22)31(43)39(45)29(21)41/h2-9,11-13,21-23,27-28,37,40,45H,10,14H2,1H3/t21-,22+,23-,27-,28+,33+/m0/s1. The van der Waals surface area contributed by atoms with Crippen molar-refractivity contribution in [1.82, 2.24) is 10.1 Å². The first kappa shape index (κ1) is 30.6. The van der Waals surface area contributed by atoms with Crippen LogP contribution in [0.2, 0.25) is 15.1 Å². The van der Waals surface area contributed by atoms with E-state index in [0.717, 1.165) is 5.01 Å². The van der Waals surface area contributed by atoms with E-state index in [-0.39, 0.29) is 39.4 Å². The number of phenols is 1. The van der Waals surface area contributed by atoms with Crippen molar-refractivity contribution in [2.24, 2.45) is 23.7 Å². The highest BCUT2D eigenvalue weighted by atomic mass is 35.5. The number of aromatic hydroxyl groups is 1. The van der Waals surface area contributed by atoms with Gasteiger partial charge >= 0.3 is 0 Å². The highest BCUT2D eigenvalue weighted by Crippen LogP contribution is 2.64. The maximum absolute atomic E-state index is 15.1. The van der Waals surface area contributed by atoms with E-state index in [1.54, 1.807) is 42.5 Å². The van der Waals surface area contributed by atoms with Crippen LogP contribution in [-0.4, -0.2) is 51.1 Å². The number of carbonyl (C=O) groups is 4. The number of methoxy groups -OCH3 is 1. The van der Waals surface area contributed by atoms with E-state index in [1.165, 1.54) is 25.3 Å². The highest BCUT2D eigenvalue weighted by molar-refractivity contribution is 6.36. The Labute approximate surface area is 278 Å². The lowest BCUT2D eigenvalue weighted by Crippen LogP contribution is -2.53. The molecule has 46 heavy (non-hydrogen) atoms. The summed E-state index contributed by atoms with van der Waals surface area (Å²) in [5, 5.41) is 22.4. The highest BCUT2D eigenvalue weighted by Gasteiger charge is 2.70. The number of benzene rings is 3. The lowest BCUT2D eigenvalue weighted by Gasteiger charge is -2.50. The molecular formula is C33H26Cl3N3O7. The molecule has 0 spiro atoms. The van der Waals surface area contributed by atoms with E-state index >= 15 is 4.79 Å². The summed E-state index contributed by atoms with van der Waals surface area (Å²) < 4.78 is 5.39. The van der Waals surface area contributed by atoms with Gasteiger partial charge in [-0.15, -0.1) is 0 Å². The van der Waals surface area contributed by atoms with Crippen LogP contribution in [0.3, 0.4) is 0 Å². The van der Waals surface area contributed by atoms with Crippen LogP contribution in [0, 0.1) is 23.7 Å². The van der Waals surface area contributed by atoms with Gasteiger partial charge in [-0.25, -0.2) is 0 Å². The van der Waals surface area contributed by atoms with Crippen molar-refractivity contribution >= 4 is 64.1 Å². The number of ether oxygens (including phenoxy) is 1. The second kappa shape index (κ2) is 11.0. The molecule has 3 aromatic rings. The molecule has 0 unspecified atom stereocenters. The monoisotopic (exact) mass is 681 g/mol. The average molecular weight is 683 g/mol. The Morgan fingerprint density at radius 2 is 1.63 bits per heavy atom. The Kier molecular flexibility index (Phi) is 7.32. The molecule has 0 bridgehead atoms. The third kappa shape index (κ3) is 4.27. The molecule has 4 amide bonds. The number of hydrazine groups is 1. The van der Waals surface area contributed by atoms with Crippen LogP contribution in [0.5, 0.6) is 11.5 Å². The summed E-state index contributed by atoms with van der Waals surface area (Å²) in [7, 11) is 1.51. The molecule has 3 aromatic carbocycles. The minimum absolute atomic E-state index is 0.0230. The summed E-state index contributed by atoms with van der Waals surface area (Å²) in [5.41, 5.74) is 3.16. The zero-order valence-corrected chi connectivity index (χ0v) is 26.4. The predicted molar refractivity (Wildman–Crippen MR) is 167 cm³/mol. The predicted octanol–water partition coefficient (Wildman–Crippen LogP) is 5.74. The van der Waals surface area contributed by atoms with Gasteiger partial charge in [0, 0.05) is 16.0 Å². The number of carbonyl (C=O) groups excluding carboxylic acids is 4. The molecule has 2 aliphatic carbocycles. The third-order valence-electron chi connectivity index (χ3n) is 9.85.